The van der Waals surface area contributed by atoms with Crippen LogP contribution in [0.5, 0.6) is 0 Å². The molecule has 0 aromatic heterocycles. The molecule has 0 fully saturated rings. The lowest BCUT2D eigenvalue weighted by molar-refractivity contribution is 0.332. The number of allylic oxidation sites excluding steroid dienone is 1. The third kappa shape index (κ3) is 4.13. The first-order chi connectivity index (χ1) is 6.83. The summed E-state index contributed by atoms with van der Waals surface area (Å²) in [5.41, 5.74) is 2.72. The third-order valence-corrected chi connectivity index (χ3v) is 2.20. The maximum atomic E-state index is 4.94. The van der Waals surface area contributed by atoms with Gasteiger partial charge in [-0.25, -0.2) is 0 Å². The Morgan fingerprint density at radius 2 is 2.00 bits per heavy atom. The maximum Gasteiger partial charge on any atom is 0.0813 e. The van der Waals surface area contributed by atoms with Gasteiger partial charge in [-0.1, -0.05) is 30.3 Å². The van der Waals surface area contributed by atoms with Crippen LogP contribution in [-0.2, 0) is 11.2 Å². The number of methoxy groups -OCH3 is 1. The Hall–Kier alpha value is -1.24. The van der Waals surface area contributed by atoms with Gasteiger partial charge in [0, 0.05) is 0 Å². The molecule has 1 rings (SSSR count). The van der Waals surface area contributed by atoms with E-state index in [0.29, 0.717) is 0 Å². The van der Waals surface area contributed by atoms with Crippen LogP contribution in [0.4, 0.5) is 0 Å². The number of hydrogen-bond donors (Lipinski definition) is 0. The fraction of sp³-hybridized carbons (Fsp3) is 0.385. The van der Waals surface area contributed by atoms with Gasteiger partial charge < -0.3 is 4.74 Å². The molecule has 0 saturated heterocycles. The van der Waals surface area contributed by atoms with Crippen LogP contribution in [0.15, 0.2) is 42.2 Å². The van der Waals surface area contributed by atoms with Crippen molar-refractivity contribution in [2.24, 2.45) is 0 Å². The molecule has 0 amide bonds. The van der Waals surface area contributed by atoms with Crippen LogP contribution in [0.2, 0.25) is 0 Å². The summed E-state index contributed by atoms with van der Waals surface area (Å²) in [6.45, 7) is 2.11. The molecule has 0 N–H and O–H groups in total. The number of ether oxygens (including phenoxy) is 1. The Kier molecular flexibility index (Phi) is 4.84. The normalized spacial score (nSPS) is 11.4. The SMILES string of the molecule is CO/C=C(\C)CCCc1ccccc1. The predicted molar refractivity (Wildman–Crippen MR) is 60.1 cm³/mol. The minimum absolute atomic E-state index is 1.11. The van der Waals surface area contributed by atoms with Gasteiger partial charge in [-0.3, -0.25) is 0 Å². The van der Waals surface area contributed by atoms with Gasteiger partial charge in [0.1, 0.15) is 0 Å². The molecule has 1 aromatic rings. The Bertz CT molecular complexity index is 275. The van der Waals surface area contributed by atoms with E-state index in [0.717, 1.165) is 12.8 Å². The molecule has 0 radical (unpaired) electrons. The largest absolute Gasteiger partial charge is 0.504 e. The van der Waals surface area contributed by atoms with Crippen molar-refractivity contribution in [3.8, 4) is 0 Å². The van der Waals surface area contributed by atoms with Crippen LogP contribution in [0.1, 0.15) is 25.3 Å². The number of benzene rings is 1. The van der Waals surface area contributed by atoms with Crippen LogP contribution < -0.4 is 0 Å². The Labute approximate surface area is 86.4 Å². The molecule has 0 bridgehead atoms. The lowest BCUT2D eigenvalue weighted by Crippen LogP contribution is -1.86. The summed E-state index contributed by atoms with van der Waals surface area (Å²) >= 11 is 0. The zero-order valence-corrected chi connectivity index (χ0v) is 8.99. The van der Waals surface area contributed by atoms with Crippen molar-refractivity contribution in [1.82, 2.24) is 0 Å². The number of rotatable bonds is 5. The summed E-state index contributed by atoms with van der Waals surface area (Å²) in [6.07, 6.45) is 5.28. The molecule has 0 aliphatic rings. The van der Waals surface area contributed by atoms with Gasteiger partial charge in [0.25, 0.3) is 0 Å². The van der Waals surface area contributed by atoms with Gasteiger partial charge in [-0.05, 0) is 37.3 Å². The van der Waals surface area contributed by atoms with E-state index in [4.69, 9.17) is 4.74 Å². The molecule has 0 aliphatic heterocycles. The molecule has 14 heavy (non-hydrogen) atoms. The van der Waals surface area contributed by atoms with Crippen molar-refractivity contribution >= 4 is 0 Å². The Morgan fingerprint density at radius 3 is 2.64 bits per heavy atom. The lowest BCUT2D eigenvalue weighted by Gasteiger charge is -2.01. The van der Waals surface area contributed by atoms with Crippen molar-refractivity contribution in [1.29, 1.82) is 0 Å². The summed E-state index contributed by atoms with van der Waals surface area (Å²) in [5.74, 6) is 0. The minimum atomic E-state index is 1.11. The van der Waals surface area contributed by atoms with E-state index >= 15 is 0 Å². The molecule has 0 unspecified atom stereocenters. The molecule has 0 atom stereocenters. The molecular formula is C13H18O. The maximum absolute atomic E-state index is 4.94. The highest BCUT2D eigenvalue weighted by molar-refractivity contribution is 5.14. The highest BCUT2D eigenvalue weighted by Crippen LogP contribution is 2.09. The highest BCUT2D eigenvalue weighted by atomic mass is 16.5. The molecule has 76 valence electrons. The van der Waals surface area contributed by atoms with E-state index in [-0.39, 0.29) is 0 Å². The molecule has 0 aliphatic carbocycles. The Morgan fingerprint density at radius 1 is 1.29 bits per heavy atom. The molecule has 1 aromatic carbocycles. The fourth-order valence-electron chi connectivity index (χ4n) is 1.48. The van der Waals surface area contributed by atoms with Crippen LogP contribution in [0.3, 0.4) is 0 Å². The summed E-state index contributed by atoms with van der Waals surface area (Å²) in [7, 11) is 1.70. The average molecular weight is 190 g/mol. The lowest BCUT2D eigenvalue weighted by atomic mass is 10.1. The minimum Gasteiger partial charge on any atom is -0.504 e. The van der Waals surface area contributed by atoms with Gasteiger partial charge in [0.2, 0.25) is 0 Å². The smallest absolute Gasteiger partial charge is 0.0813 e. The van der Waals surface area contributed by atoms with Crippen LogP contribution in [0, 0.1) is 0 Å². The highest BCUT2D eigenvalue weighted by Gasteiger charge is 1.93. The van der Waals surface area contributed by atoms with Gasteiger partial charge in [-0.15, -0.1) is 0 Å². The number of hydrogen-bond acceptors (Lipinski definition) is 1. The fourth-order valence-corrected chi connectivity index (χ4v) is 1.48. The summed E-state index contributed by atoms with van der Waals surface area (Å²) in [4.78, 5) is 0. The summed E-state index contributed by atoms with van der Waals surface area (Å²) < 4.78 is 4.94. The van der Waals surface area contributed by atoms with Crippen molar-refractivity contribution in [2.45, 2.75) is 26.2 Å². The van der Waals surface area contributed by atoms with E-state index < -0.39 is 0 Å². The summed E-state index contributed by atoms with van der Waals surface area (Å²) in [5, 5.41) is 0. The zero-order chi connectivity index (χ0) is 10.2. The Balaban J connectivity index is 2.25. The van der Waals surface area contributed by atoms with Crippen LogP contribution >= 0.6 is 0 Å². The molecular weight excluding hydrogens is 172 g/mol. The van der Waals surface area contributed by atoms with E-state index in [1.165, 1.54) is 17.6 Å². The van der Waals surface area contributed by atoms with Crippen molar-refractivity contribution in [2.75, 3.05) is 7.11 Å². The van der Waals surface area contributed by atoms with E-state index in [2.05, 4.69) is 37.3 Å². The topological polar surface area (TPSA) is 9.23 Å². The molecule has 1 nitrogen and oxygen atoms in total. The second-order valence-corrected chi connectivity index (χ2v) is 3.54. The molecule has 0 saturated carbocycles. The standard InChI is InChI=1S/C13H18O/c1-12(11-14-2)7-6-10-13-8-4-3-5-9-13/h3-5,8-9,11H,6-7,10H2,1-2H3/b12-11+. The second-order valence-electron chi connectivity index (χ2n) is 3.54. The molecule has 0 spiro atoms. The third-order valence-electron chi connectivity index (χ3n) is 2.20. The predicted octanol–water partition coefficient (Wildman–Crippen LogP) is 3.56. The van der Waals surface area contributed by atoms with Crippen LogP contribution in [0.25, 0.3) is 0 Å². The van der Waals surface area contributed by atoms with Gasteiger partial charge in [0.05, 0.1) is 13.4 Å². The first-order valence-corrected chi connectivity index (χ1v) is 5.05. The van der Waals surface area contributed by atoms with Crippen molar-refractivity contribution in [3.05, 3.63) is 47.7 Å². The van der Waals surface area contributed by atoms with Gasteiger partial charge >= 0.3 is 0 Å². The first-order valence-electron chi connectivity index (χ1n) is 5.05. The van der Waals surface area contributed by atoms with Crippen molar-refractivity contribution < 1.29 is 4.74 Å². The van der Waals surface area contributed by atoms with E-state index in [9.17, 15) is 0 Å². The zero-order valence-electron chi connectivity index (χ0n) is 8.99. The van der Waals surface area contributed by atoms with Crippen LogP contribution in [-0.4, -0.2) is 7.11 Å². The average Bonchev–Trinajstić information content (AvgIpc) is 2.20. The summed E-state index contributed by atoms with van der Waals surface area (Å²) in [6, 6.07) is 10.6. The van der Waals surface area contributed by atoms with Crippen molar-refractivity contribution in [3.63, 3.8) is 0 Å². The first kappa shape index (κ1) is 10.8. The quantitative estimate of drug-likeness (QED) is 0.645. The van der Waals surface area contributed by atoms with Gasteiger partial charge in [0.15, 0.2) is 0 Å². The van der Waals surface area contributed by atoms with Gasteiger partial charge in [-0.2, -0.15) is 0 Å². The molecule has 0 heterocycles. The monoisotopic (exact) mass is 190 g/mol. The van der Waals surface area contributed by atoms with E-state index in [1.807, 2.05) is 6.26 Å². The van der Waals surface area contributed by atoms with E-state index in [1.54, 1.807) is 7.11 Å². The molecule has 1 heteroatoms. The second kappa shape index (κ2) is 6.25. The number of aryl methyl sites for hydroxylation is 1.